The third-order valence-corrected chi connectivity index (χ3v) is 6.72. The van der Waals surface area contributed by atoms with Crippen LogP contribution in [0.5, 0.6) is 0 Å². The molecule has 0 bridgehead atoms. The maximum Gasteiger partial charge on any atom is 0.0599 e. The van der Waals surface area contributed by atoms with Crippen molar-refractivity contribution in [3.8, 4) is 0 Å². The summed E-state index contributed by atoms with van der Waals surface area (Å²) in [6, 6.07) is 0. The summed E-state index contributed by atoms with van der Waals surface area (Å²) in [4.78, 5) is 0. The van der Waals surface area contributed by atoms with Gasteiger partial charge in [-0.2, -0.15) is 0 Å². The monoisotopic (exact) mass is 182 g/mol. The second-order valence-corrected chi connectivity index (χ2v) is 10.2. The molecule has 0 aromatic carbocycles. The fourth-order valence-electron chi connectivity index (χ4n) is 1.69. The van der Waals surface area contributed by atoms with Crippen molar-refractivity contribution in [3.63, 3.8) is 0 Å². The van der Waals surface area contributed by atoms with Crippen LogP contribution in [0.4, 0.5) is 0 Å². The van der Waals surface area contributed by atoms with Crippen LogP contribution in [0.25, 0.3) is 0 Å². The first-order valence-corrected chi connectivity index (χ1v) is 10.4. The lowest BCUT2D eigenvalue weighted by Gasteiger charge is -2.18. The van der Waals surface area contributed by atoms with Gasteiger partial charge in [-0.25, -0.2) is 0 Å². The van der Waals surface area contributed by atoms with Crippen LogP contribution in [-0.2, 0) is 0 Å². The molecule has 0 N–H and O–H groups in total. The maximum absolute atomic E-state index is 2.45. The van der Waals surface area contributed by atoms with E-state index in [1.54, 1.807) is 5.20 Å². The third-order valence-electron chi connectivity index (χ3n) is 2.38. The van der Waals surface area contributed by atoms with Gasteiger partial charge >= 0.3 is 0 Å². The predicted octanol–water partition coefficient (Wildman–Crippen LogP) is 2.37. The predicted molar refractivity (Wildman–Crippen MR) is 58.7 cm³/mol. The van der Waals surface area contributed by atoms with Crippen molar-refractivity contribution >= 4 is 17.6 Å². The molecule has 0 aromatic heterocycles. The topological polar surface area (TPSA) is 0 Å². The summed E-state index contributed by atoms with van der Waals surface area (Å²) >= 11 is 0. The summed E-state index contributed by atoms with van der Waals surface area (Å²) in [5.74, 6) is 0. The van der Waals surface area contributed by atoms with Crippen molar-refractivity contribution < 1.29 is 0 Å². The Bertz CT molecular complexity index is 190. The Hall–Kier alpha value is -0.0862. The van der Waals surface area contributed by atoms with E-state index in [1.165, 1.54) is 0 Å². The molecule has 0 nitrogen and oxygen atoms in total. The molecule has 0 amide bonds. The van der Waals surface area contributed by atoms with Gasteiger partial charge in [-0.15, -0.1) is 0 Å². The standard InChI is InChI=1S/C9H18Si2/c1-10(2)8-6-5-7-9(8)11(3)4/h5-8,10-11H,1-4H3. The minimum atomic E-state index is -0.504. The SMILES string of the molecule is C[SiH](C)C1=CC=CC1[SiH](C)C. The summed E-state index contributed by atoms with van der Waals surface area (Å²) in [6.45, 7) is 9.76. The van der Waals surface area contributed by atoms with Crippen LogP contribution < -0.4 is 0 Å². The van der Waals surface area contributed by atoms with Gasteiger partial charge in [-0.3, -0.25) is 0 Å². The summed E-state index contributed by atoms with van der Waals surface area (Å²) in [5, 5.41) is 1.80. The molecule has 1 aliphatic carbocycles. The molecule has 0 aliphatic heterocycles. The van der Waals surface area contributed by atoms with Gasteiger partial charge in [0.05, 0.1) is 8.80 Å². The van der Waals surface area contributed by atoms with Gasteiger partial charge in [0.15, 0.2) is 0 Å². The lowest BCUT2D eigenvalue weighted by Crippen LogP contribution is -2.18. The van der Waals surface area contributed by atoms with E-state index in [9.17, 15) is 0 Å². The van der Waals surface area contributed by atoms with E-state index < -0.39 is 17.6 Å². The Morgan fingerprint density at radius 3 is 2.18 bits per heavy atom. The molecule has 1 aliphatic rings. The van der Waals surface area contributed by atoms with E-state index in [-0.39, 0.29) is 0 Å². The normalized spacial score (nSPS) is 23.5. The van der Waals surface area contributed by atoms with Crippen LogP contribution in [0.15, 0.2) is 23.4 Å². The molecule has 1 atom stereocenters. The van der Waals surface area contributed by atoms with Crippen molar-refractivity contribution in [1.29, 1.82) is 0 Å². The average Bonchev–Trinajstić information content (AvgIpc) is 2.32. The largest absolute Gasteiger partial charge is 0.0809 e. The number of rotatable bonds is 2. The van der Waals surface area contributed by atoms with Gasteiger partial charge < -0.3 is 0 Å². The van der Waals surface area contributed by atoms with Gasteiger partial charge in [-0.05, 0) is 5.54 Å². The Labute approximate surface area is 73.2 Å². The summed E-state index contributed by atoms with van der Waals surface area (Å²) in [5.41, 5.74) is 0.904. The molecule has 0 fully saturated rings. The fourth-order valence-corrected chi connectivity index (χ4v) is 6.83. The van der Waals surface area contributed by atoms with Crippen molar-refractivity contribution in [2.24, 2.45) is 0 Å². The zero-order valence-corrected chi connectivity index (χ0v) is 10.3. The van der Waals surface area contributed by atoms with Gasteiger partial charge in [0.2, 0.25) is 0 Å². The zero-order valence-electron chi connectivity index (χ0n) is 7.96. The molecule has 11 heavy (non-hydrogen) atoms. The zero-order chi connectivity index (χ0) is 8.43. The van der Waals surface area contributed by atoms with Crippen LogP contribution in [0.1, 0.15) is 0 Å². The minimum Gasteiger partial charge on any atom is -0.0809 e. The molecule has 0 radical (unpaired) electrons. The Morgan fingerprint density at radius 2 is 1.82 bits per heavy atom. The lowest BCUT2D eigenvalue weighted by molar-refractivity contribution is 1.30. The minimum absolute atomic E-state index is 0.457. The van der Waals surface area contributed by atoms with Crippen LogP contribution >= 0.6 is 0 Å². The smallest absolute Gasteiger partial charge is 0.0599 e. The number of hydrogen-bond acceptors (Lipinski definition) is 0. The van der Waals surface area contributed by atoms with E-state index in [4.69, 9.17) is 0 Å². The molecule has 2 heteroatoms. The Morgan fingerprint density at radius 1 is 1.18 bits per heavy atom. The van der Waals surface area contributed by atoms with E-state index in [0.29, 0.717) is 0 Å². The second kappa shape index (κ2) is 3.54. The van der Waals surface area contributed by atoms with Crippen LogP contribution in [-0.4, -0.2) is 17.6 Å². The van der Waals surface area contributed by atoms with E-state index in [1.807, 2.05) is 0 Å². The van der Waals surface area contributed by atoms with Gasteiger partial charge in [-0.1, -0.05) is 49.6 Å². The molecule has 0 spiro atoms. The molecule has 1 rings (SSSR count). The van der Waals surface area contributed by atoms with Gasteiger partial charge in [0, 0.05) is 8.80 Å². The van der Waals surface area contributed by atoms with Gasteiger partial charge in [0.1, 0.15) is 0 Å². The molecule has 0 aromatic rings. The molecule has 62 valence electrons. The fraction of sp³-hybridized carbons (Fsp3) is 0.556. The third kappa shape index (κ3) is 1.93. The summed E-state index contributed by atoms with van der Waals surface area (Å²) in [6.07, 6.45) is 7.05. The van der Waals surface area contributed by atoms with E-state index in [2.05, 4.69) is 44.4 Å². The van der Waals surface area contributed by atoms with E-state index >= 15 is 0 Å². The quantitative estimate of drug-likeness (QED) is 0.575. The molecular weight excluding hydrogens is 164 g/mol. The first kappa shape index (κ1) is 9.01. The lowest BCUT2D eigenvalue weighted by atomic mass is 10.5. The maximum atomic E-state index is 2.45. The Kier molecular flexibility index (Phi) is 2.90. The highest BCUT2D eigenvalue weighted by Crippen LogP contribution is 2.29. The highest BCUT2D eigenvalue weighted by atomic mass is 28.3. The number of hydrogen-bond donors (Lipinski definition) is 0. The first-order valence-electron chi connectivity index (χ1n) is 4.51. The average molecular weight is 182 g/mol. The molecule has 0 saturated carbocycles. The van der Waals surface area contributed by atoms with Crippen molar-refractivity contribution in [1.82, 2.24) is 0 Å². The van der Waals surface area contributed by atoms with Crippen molar-refractivity contribution in [3.05, 3.63) is 23.4 Å². The van der Waals surface area contributed by atoms with Crippen LogP contribution in [0.2, 0.25) is 31.7 Å². The number of allylic oxidation sites excluding steroid dienone is 4. The van der Waals surface area contributed by atoms with E-state index in [0.717, 1.165) is 5.54 Å². The molecule has 1 unspecified atom stereocenters. The molecule has 0 saturated heterocycles. The Balaban J connectivity index is 2.69. The van der Waals surface area contributed by atoms with Crippen LogP contribution in [0.3, 0.4) is 0 Å². The second-order valence-electron chi connectivity index (χ2n) is 3.98. The van der Waals surface area contributed by atoms with Crippen LogP contribution in [0, 0.1) is 0 Å². The highest BCUT2D eigenvalue weighted by molar-refractivity contribution is 6.70. The first-order chi connectivity index (χ1) is 5.13. The van der Waals surface area contributed by atoms with Crippen molar-refractivity contribution in [2.75, 3.05) is 0 Å². The molecular formula is C9H18Si2. The highest BCUT2D eigenvalue weighted by Gasteiger charge is 2.21. The van der Waals surface area contributed by atoms with Crippen molar-refractivity contribution in [2.45, 2.75) is 31.7 Å². The van der Waals surface area contributed by atoms with Gasteiger partial charge in [0.25, 0.3) is 0 Å². The molecule has 0 heterocycles. The summed E-state index contributed by atoms with van der Waals surface area (Å²) < 4.78 is 0. The summed E-state index contributed by atoms with van der Waals surface area (Å²) in [7, 11) is -0.961.